The third-order valence-corrected chi connectivity index (χ3v) is 7.90. The van der Waals surface area contributed by atoms with Crippen molar-refractivity contribution in [1.82, 2.24) is 10.6 Å². The Morgan fingerprint density at radius 2 is 1.78 bits per heavy atom. The summed E-state index contributed by atoms with van der Waals surface area (Å²) in [4.78, 5) is 35.8. The van der Waals surface area contributed by atoms with E-state index in [2.05, 4.69) is 10.6 Å². The lowest BCUT2D eigenvalue weighted by molar-refractivity contribution is -0.120. The van der Waals surface area contributed by atoms with Crippen molar-refractivity contribution >= 4 is 39.6 Å². The summed E-state index contributed by atoms with van der Waals surface area (Å²) in [5.74, 6) is 1.40. The maximum absolute atomic E-state index is 12.2. The first-order chi connectivity index (χ1) is 17.4. The summed E-state index contributed by atoms with van der Waals surface area (Å²) >= 11 is 0. The van der Waals surface area contributed by atoms with E-state index in [9.17, 15) is 19.5 Å². The number of amides is 2. The molecule has 0 aliphatic carbocycles. The predicted molar refractivity (Wildman–Crippen MR) is 147 cm³/mol. The Labute approximate surface area is 226 Å². The average Bonchev–Trinajstić information content (AvgIpc) is 3.21. The summed E-state index contributed by atoms with van der Waals surface area (Å²) in [5, 5.41) is 16.3. The van der Waals surface area contributed by atoms with Gasteiger partial charge >= 0.3 is 12.1 Å². The van der Waals surface area contributed by atoms with Crippen LogP contribution >= 0.6 is 21.6 Å². The zero-order valence-electron chi connectivity index (χ0n) is 22.4. The van der Waals surface area contributed by atoms with Crippen LogP contribution in [0.25, 0.3) is 0 Å². The third-order valence-electron chi connectivity index (χ3n) is 5.49. The van der Waals surface area contributed by atoms with Gasteiger partial charge in [0.2, 0.25) is 5.91 Å². The van der Waals surface area contributed by atoms with E-state index in [0.717, 1.165) is 22.6 Å². The maximum atomic E-state index is 12.2. The van der Waals surface area contributed by atoms with Gasteiger partial charge in [-0.25, -0.2) is 9.59 Å². The van der Waals surface area contributed by atoms with Gasteiger partial charge in [0.1, 0.15) is 29.3 Å². The summed E-state index contributed by atoms with van der Waals surface area (Å²) in [5.41, 5.74) is 2.70. The van der Waals surface area contributed by atoms with E-state index < -0.39 is 17.7 Å². The molecule has 0 spiro atoms. The molecular weight excluding hydrogens is 516 g/mol. The maximum Gasteiger partial charge on any atom is 0.407 e. The van der Waals surface area contributed by atoms with Crippen LogP contribution in [0.2, 0.25) is 0 Å². The Kier molecular flexibility index (Phi) is 12.0. The van der Waals surface area contributed by atoms with Gasteiger partial charge in [0.05, 0.1) is 7.11 Å². The minimum atomic E-state index is -0.522. The number of carbonyl (C=O) groups excluding carboxylic acids is 3. The predicted octanol–water partition coefficient (Wildman–Crippen LogP) is 4.67. The normalized spacial score (nSPS) is 13.1. The number of nitrogens with one attached hydrogen (secondary N) is 2. The number of carbonyl (C=O) groups is 3. The number of ether oxygens (including phenoxy) is 3. The molecule has 0 aromatic heterocycles. The fourth-order valence-corrected chi connectivity index (χ4v) is 5.48. The van der Waals surface area contributed by atoms with Gasteiger partial charge in [0.25, 0.3) is 0 Å². The Morgan fingerprint density at radius 3 is 2.41 bits per heavy atom. The van der Waals surface area contributed by atoms with Gasteiger partial charge in [-0.15, -0.1) is 0 Å². The van der Waals surface area contributed by atoms with Gasteiger partial charge in [-0.3, -0.25) is 4.79 Å². The molecule has 1 aliphatic rings. The molecule has 1 aromatic rings. The quantitative estimate of drug-likeness (QED) is 0.138. The largest absolute Gasteiger partial charge is 0.507 e. The lowest BCUT2D eigenvalue weighted by atomic mass is 9.94. The lowest BCUT2D eigenvalue weighted by Crippen LogP contribution is -2.33. The minimum Gasteiger partial charge on any atom is -0.507 e. The van der Waals surface area contributed by atoms with Crippen LogP contribution in [0, 0.1) is 6.92 Å². The number of fused-ring (bicyclic) bond motifs is 1. The monoisotopic (exact) mass is 554 g/mol. The summed E-state index contributed by atoms with van der Waals surface area (Å²) in [6, 6.07) is 0. The summed E-state index contributed by atoms with van der Waals surface area (Å²) in [6.45, 7) is 10.5. The van der Waals surface area contributed by atoms with Crippen molar-refractivity contribution in [3.63, 3.8) is 0 Å². The highest BCUT2D eigenvalue weighted by atomic mass is 33.1. The minimum absolute atomic E-state index is 0.0264. The average molecular weight is 555 g/mol. The molecule has 11 heteroatoms. The number of rotatable bonds is 13. The number of phenolic OH excluding ortho intramolecular Hbond substituents is 1. The van der Waals surface area contributed by atoms with E-state index in [1.54, 1.807) is 21.6 Å². The van der Waals surface area contributed by atoms with Gasteiger partial charge in [-0.1, -0.05) is 33.2 Å². The van der Waals surface area contributed by atoms with Crippen LogP contribution in [0.15, 0.2) is 11.6 Å². The first kappa shape index (κ1) is 30.7. The standard InChI is InChI=1S/C26H38N2O7S2/c1-16(7-9-18-22(30)21-19(15-34-24(21)31)17(2)23(18)33-6)8-10-20(29)27-11-13-36-37-14-12-28-25(32)35-26(3,4)5/h7,30H,8-15H2,1-6H3,(H,27,29)(H,28,32). The van der Waals surface area contributed by atoms with Crippen molar-refractivity contribution < 1.29 is 33.7 Å². The fourth-order valence-electron chi connectivity index (χ4n) is 3.66. The van der Waals surface area contributed by atoms with Crippen LogP contribution in [0.1, 0.15) is 67.6 Å². The molecule has 0 atom stereocenters. The van der Waals surface area contributed by atoms with Crippen LogP contribution in [0.4, 0.5) is 4.79 Å². The van der Waals surface area contributed by atoms with Crippen molar-refractivity contribution in [2.45, 2.75) is 66.1 Å². The molecule has 0 radical (unpaired) electrons. The van der Waals surface area contributed by atoms with Crippen LogP contribution in [-0.4, -0.2) is 60.4 Å². The van der Waals surface area contributed by atoms with E-state index >= 15 is 0 Å². The van der Waals surface area contributed by atoms with E-state index in [-0.39, 0.29) is 23.8 Å². The smallest absolute Gasteiger partial charge is 0.407 e. The van der Waals surface area contributed by atoms with Gasteiger partial charge in [-0.2, -0.15) is 0 Å². The highest BCUT2D eigenvalue weighted by Crippen LogP contribution is 2.42. The van der Waals surface area contributed by atoms with Crippen LogP contribution < -0.4 is 15.4 Å². The topological polar surface area (TPSA) is 123 Å². The molecule has 0 saturated carbocycles. The van der Waals surface area contributed by atoms with Crippen molar-refractivity contribution in [3.8, 4) is 11.5 Å². The van der Waals surface area contributed by atoms with Gasteiger partial charge < -0.3 is 30.0 Å². The van der Waals surface area contributed by atoms with E-state index in [1.807, 2.05) is 40.7 Å². The number of hydrogen-bond donors (Lipinski definition) is 3. The molecule has 0 saturated heterocycles. The van der Waals surface area contributed by atoms with E-state index in [0.29, 0.717) is 49.2 Å². The Balaban J connectivity index is 1.68. The number of esters is 1. The first-order valence-corrected chi connectivity index (χ1v) is 14.6. The molecule has 2 amide bonds. The van der Waals surface area contributed by atoms with Crippen LogP contribution in [0.5, 0.6) is 11.5 Å². The summed E-state index contributed by atoms with van der Waals surface area (Å²) < 4.78 is 15.8. The van der Waals surface area contributed by atoms with Crippen molar-refractivity contribution in [2.75, 3.05) is 31.7 Å². The van der Waals surface area contributed by atoms with Gasteiger partial charge in [0, 0.05) is 42.1 Å². The number of phenols is 1. The molecule has 1 heterocycles. The van der Waals surface area contributed by atoms with E-state index in [1.165, 1.54) is 7.11 Å². The highest BCUT2D eigenvalue weighted by molar-refractivity contribution is 8.76. The number of benzene rings is 1. The number of methoxy groups -OCH3 is 1. The van der Waals surface area contributed by atoms with Crippen molar-refractivity contribution in [1.29, 1.82) is 0 Å². The highest BCUT2D eigenvalue weighted by Gasteiger charge is 2.31. The molecule has 0 bridgehead atoms. The number of hydrogen-bond acceptors (Lipinski definition) is 9. The molecule has 2 rings (SSSR count). The SMILES string of the molecule is COc1c(C)c2c(c(O)c1CC=C(C)CCC(=O)NCCSSCCNC(=O)OC(C)(C)C)C(=O)OC2. The number of alkyl carbamates (subject to hydrolysis) is 1. The zero-order chi connectivity index (χ0) is 27.6. The van der Waals surface area contributed by atoms with Crippen LogP contribution in [0.3, 0.4) is 0 Å². The Morgan fingerprint density at radius 1 is 1.14 bits per heavy atom. The Bertz CT molecular complexity index is 1020. The second-order valence-electron chi connectivity index (χ2n) is 9.59. The second-order valence-corrected chi connectivity index (χ2v) is 12.3. The van der Waals surface area contributed by atoms with Crippen LogP contribution in [-0.2, 0) is 27.3 Å². The van der Waals surface area contributed by atoms with E-state index in [4.69, 9.17) is 14.2 Å². The molecule has 37 heavy (non-hydrogen) atoms. The molecule has 1 aromatic carbocycles. The van der Waals surface area contributed by atoms with Crippen molar-refractivity contribution in [3.05, 3.63) is 33.9 Å². The number of cyclic esters (lactones) is 1. The fraction of sp³-hybridized carbons (Fsp3) is 0.577. The summed E-state index contributed by atoms with van der Waals surface area (Å²) in [7, 11) is 4.80. The molecular formula is C26H38N2O7S2. The van der Waals surface area contributed by atoms with Gasteiger partial charge in [0.15, 0.2) is 0 Å². The molecule has 0 unspecified atom stereocenters. The first-order valence-electron chi connectivity index (χ1n) is 12.2. The third kappa shape index (κ3) is 9.70. The second kappa shape index (κ2) is 14.4. The molecule has 3 N–H and O–H groups in total. The molecule has 1 aliphatic heterocycles. The number of aromatic hydroxyl groups is 1. The zero-order valence-corrected chi connectivity index (χ0v) is 24.1. The molecule has 0 fully saturated rings. The van der Waals surface area contributed by atoms with Gasteiger partial charge in [-0.05, 0) is 53.0 Å². The Hall–Kier alpha value is -2.53. The number of allylic oxidation sites excluding steroid dienone is 2. The summed E-state index contributed by atoms with van der Waals surface area (Å²) in [6.07, 6.45) is 2.84. The molecule has 9 nitrogen and oxygen atoms in total. The lowest BCUT2D eigenvalue weighted by Gasteiger charge is -2.19. The van der Waals surface area contributed by atoms with Crippen molar-refractivity contribution in [2.24, 2.45) is 0 Å². The molecule has 206 valence electrons.